The van der Waals surface area contributed by atoms with Gasteiger partial charge in [-0.25, -0.2) is 14.4 Å². The maximum atomic E-state index is 13.6. The van der Waals surface area contributed by atoms with Gasteiger partial charge in [0.15, 0.2) is 5.75 Å². The van der Waals surface area contributed by atoms with Crippen molar-refractivity contribution in [2.24, 2.45) is 0 Å². The molecule has 0 heterocycles. The highest BCUT2D eigenvalue weighted by Gasteiger charge is 2.24. The molecular weight excluding hydrogens is 623 g/mol. The van der Waals surface area contributed by atoms with E-state index in [0.29, 0.717) is 10.8 Å². The second kappa shape index (κ2) is 12.4. The van der Waals surface area contributed by atoms with Gasteiger partial charge in [-0.15, -0.1) is 0 Å². The van der Waals surface area contributed by atoms with E-state index >= 15 is 0 Å². The molecule has 0 aliphatic carbocycles. The highest BCUT2D eigenvalue weighted by molar-refractivity contribution is 6.34. The SMILES string of the molecule is O=C(Oc1cccc2cc3cccc(OC(=O)c4ccccc4Cl)c3c(OC(=O)c3ccccc3Cl)c12)c1ccccc1Cl. The topological polar surface area (TPSA) is 78.9 Å². The summed E-state index contributed by atoms with van der Waals surface area (Å²) in [5.74, 6) is -2.04. The van der Waals surface area contributed by atoms with Crippen LogP contribution in [0.15, 0.2) is 115 Å². The molecule has 6 aromatic carbocycles. The third-order valence-electron chi connectivity index (χ3n) is 6.76. The van der Waals surface area contributed by atoms with Crippen molar-refractivity contribution >= 4 is 74.3 Å². The molecule has 216 valence electrons. The van der Waals surface area contributed by atoms with E-state index in [1.807, 2.05) is 0 Å². The lowest BCUT2D eigenvalue weighted by molar-refractivity contribution is 0.0728. The molecular formula is C35H19Cl3O6. The number of carbonyl (C=O) groups is 3. The number of benzene rings is 6. The Kier molecular flexibility index (Phi) is 8.22. The summed E-state index contributed by atoms with van der Waals surface area (Å²) in [5, 5.41) is 2.32. The zero-order valence-electron chi connectivity index (χ0n) is 22.6. The zero-order chi connectivity index (χ0) is 30.8. The minimum Gasteiger partial charge on any atom is -0.422 e. The standard InChI is InChI=1S/C35H19Cl3O6/c36-25-14-4-1-11-22(25)33(39)42-28-17-7-9-20-19-21-10-8-18-29(43-34(40)23-12-2-5-15-26(23)37)31(21)32(30(20)28)44-35(41)24-13-3-6-16-27(24)38/h1-19H. The van der Waals surface area contributed by atoms with Crippen molar-refractivity contribution in [3.05, 3.63) is 147 Å². The minimum atomic E-state index is -0.774. The number of hydrogen-bond donors (Lipinski definition) is 0. The number of halogens is 3. The molecule has 0 bridgehead atoms. The second-order valence-corrected chi connectivity index (χ2v) is 10.7. The summed E-state index contributed by atoms with van der Waals surface area (Å²) in [6.45, 7) is 0. The summed E-state index contributed by atoms with van der Waals surface area (Å²) in [6, 6.07) is 31.2. The maximum Gasteiger partial charge on any atom is 0.345 e. The van der Waals surface area contributed by atoms with Crippen LogP contribution in [0.25, 0.3) is 21.5 Å². The molecule has 0 aromatic heterocycles. The van der Waals surface area contributed by atoms with Crippen LogP contribution in [0.5, 0.6) is 17.2 Å². The normalized spacial score (nSPS) is 10.9. The van der Waals surface area contributed by atoms with Gasteiger partial charge in [-0.2, -0.15) is 0 Å². The largest absolute Gasteiger partial charge is 0.422 e. The van der Waals surface area contributed by atoms with E-state index in [1.54, 1.807) is 97.1 Å². The lowest BCUT2D eigenvalue weighted by Crippen LogP contribution is -2.13. The fourth-order valence-electron chi connectivity index (χ4n) is 4.73. The summed E-state index contributed by atoms with van der Waals surface area (Å²) in [5.41, 5.74) is 0.405. The van der Waals surface area contributed by atoms with E-state index in [4.69, 9.17) is 49.0 Å². The Bertz CT molecular complexity index is 1990. The van der Waals surface area contributed by atoms with Crippen LogP contribution in [0.2, 0.25) is 15.1 Å². The molecule has 6 rings (SSSR count). The third kappa shape index (κ3) is 5.71. The summed E-state index contributed by atoms with van der Waals surface area (Å²) in [7, 11) is 0. The molecule has 9 heteroatoms. The lowest BCUT2D eigenvalue weighted by Gasteiger charge is -2.17. The number of ether oxygens (including phenoxy) is 3. The smallest absolute Gasteiger partial charge is 0.345 e. The minimum absolute atomic E-state index is 0.00691. The number of hydrogen-bond acceptors (Lipinski definition) is 6. The van der Waals surface area contributed by atoms with Crippen LogP contribution in [-0.4, -0.2) is 17.9 Å². The van der Waals surface area contributed by atoms with Gasteiger partial charge in [-0.1, -0.05) is 95.5 Å². The van der Waals surface area contributed by atoms with Crippen molar-refractivity contribution in [1.82, 2.24) is 0 Å². The van der Waals surface area contributed by atoms with Crippen LogP contribution in [0, 0.1) is 0 Å². The number of carbonyl (C=O) groups excluding carboxylic acids is 3. The molecule has 6 aromatic rings. The predicted molar refractivity (Wildman–Crippen MR) is 171 cm³/mol. The van der Waals surface area contributed by atoms with E-state index in [9.17, 15) is 14.4 Å². The van der Waals surface area contributed by atoms with Crippen LogP contribution in [-0.2, 0) is 0 Å². The first-order valence-corrected chi connectivity index (χ1v) is 14.3. The van der Waals surface area contributed by atoms with E-state index in [1.165, 1.54) is 18.2 Å². The van der Waals surface area contributed by atoms with Gasteiger partial charge < -0.3 is 14.2 Å². The van der Waals surface area contributed by atoms with Crippen molar-refractivity contribution in [1.29, 1.82) is 0 Å². The maximum absolute atomic E-state index is 13.6. The van der Waals surface area contributed by atoms with Gasteiger partial charge in [0.2, 0.25) is 0 Å². The van der Waals surface area contributed by atoms with Gasteiger partial charge in [0.05, 0.1) is 42.5 Å². The predicted octanol–water partition coefficient (Wildman–Crippen LogP) is 9.61. The molecule has 0 spiro atoms. The van der Waals surface area contributed by atoms with Gasteiger partial charge in [-0.3, -0.25) is 0 Å². The van der Waals surface area contributed by atoms with Crippen LogP contribution < -0.4 is 14.2 Å². The first kappa shape index (κ1) is 29.2. The molecule has 0 amide bonds. The third-order valence-corrected chi connectivity index (χ3v) is 7.75. The summed E-state index contributed by atoms with van der Waals surface area (Å²) >= 11 is 18.8. The van der Waals surface area contributed by atoms with Gasteiger partial charge in [0.1, 0.15) is 11.5 Å². The number of esters is 3. The molecule has 0 fully saturated rings. The molecule has 0 radical (unpaired) electrons. The summed E-state index contributed by atoms with van der Waals surface area (Å²) < 4.78 is 17.7. The quantitative estimate of drug-likeness (QED) is 0.102. The molecule has 0 aliphatic rings. The molecule has 0 saturated carbocycles. The van der Waals surface area contributed by atoms with Gasteiger partial charge in [0, 0.05) is 0 Å². The molecule has 0 N–H and O–H groups in total. The van der Waals surface area contributed by atoms with Crippen molar-refractivity contribution in [3.63, 3.8) is 0 Å². The van der Waals surface area contributed by atoms with E-state index in [2.05, 4.69) is 0 Å². The highest BCUT2D eigenvalue weighted by atomic mass is 35.5. The lowest BCUT2D eigenvalue weighted by atomic mass is 10.0. The fourth-order valence-corrected chi connectivity index (χ4v) is 5.36. The van der Waals surface area contributed by atoms with E-state index < -0.39 is 17.9 Å². The fraction of sp³-hybridized carbons (Fsp3) is 0. The Labute approximate surface area is 266 Å². The second-order valence-electron chi connectivity index (χ2n) is 9.52. The molecule has 0 atom stereocenters. The molecule has 0 unspecified atom stereocenters. The first-order valence-electron chi connectivity index (χ1n) is 13.2. The van der Waals surface area contributed by atoms with Crippen molar-refractivity contribution in [2.75, 3.05) is 0 Å². The van der Waals surface area contributed by atoms with Crippen LogP contribution in [0.4, 0.5) is 0 Å². The van der Waals surface area contributed by atoms with Crippen molar-refractivity contribution in [2.45, 2.75) is 0 Å². The average Bonchev–Trinajstić information content (AvgIpc) is 3.01. The van der Waals surface area contributed by atoms with Gasteiger partial charge in [0.25, 0.3) is 0 Å². The Morgan fingerprint density at radius 3 is 1.18 bits per heavy atom. The zero-order valence-corrected chi connectivity index (χ0v) is 24.8. The Morgan fingerprint density at radius 2 is 0.795 bits per heavy atom. The number of rotatable bonds is 6. The van der Waals surface area contributed by atoms with Gasteiger partial charge >= 0.3 is 17.9 Å². The van der Waals surface area contributed by atoms with Crippen LogP contribution >= 0.6 is 34.8 Å². The highest BCUT2D eigenvalue weighted by Crippen LogP contribution is 2.45. The summed E-state index contributed by atoms with van der Waals surface area (Å²) in [6.07, 6.45) is 0. The first-order chi connectivity index (χ1) is 21.3. The molecule has 0 saturated heterocycles. The monoisotopic (exact) mass is 640 g/mol. The average molecular weight is 642 g/mol. The number of fused-ring (bicyclic) bond motifs is 2. The van der Waals surface area contributed by atoms with Crippen molar-refractivity contribution in [3.8, 4) is 17.2 Å². The van der Waals surface area contributed by atoms with Crippen LogP contribution in [0.1, 0.15) is 31.1 Å². The van der Waals surface area contributed by atoms with E-state index in [-0.39, 0.29) is 59.8 Å². The Morgan fingerprint density at radius 1 is 0.432 bits per heavy atom. The van der Waals surface area contributed by atoms with Crippen molar-refractivity contribution < 1.29 is 28.6 Å². The Hall–Kier alpha value is -4.88. The summed E-state index contributed by atoms with van der Waals surface area (Å²) in [4.78, 5) is 40.0. The Balaban J connectivity index is 1.56. The molecule has 0 aliphatic heterocycles. The van der Waals surface area contributed by atoms with Crippen LogP contribution in [0.3, 0.4) is 0 Å². The molecule has 44 heavy (non-hydrogen) atoms. The van der Waals surface area contributed by atoms with E-state index in [0.717, 1.165) is 0 Å². The van der Waals surface area contributed by atoms with Gasteiger partial charge in [-0.05, 0) is 65.4 Å². The molecule has 6 nitrogen and oxygen atoms in total.